The van der Waals surface area contributed by atoms with E-state index in [9.17, 15) is 0 Å². The number of nitrogens with zero attached hydrogens (tertiary/aromatic N) is 3. The van der Waals surface area contributed by atoms with Crippen molar-refractivity contribution in [3.63, 3.8) is 0 Å². The van der Waals surface area contributed by atoms with E-state index < -0.39 is 0 Å². The Balaban J connectivity index is 1.05. The van der Waals surface area contributed by atoms with Crippen molar-refractivity contribution in [1.82, 2.24) is 15.0 Å². The minimum absolute atomic E-state index is 0.586. The molecule has 256 valence electrons. The zero-order valence-electron chi connectivity index (χ0n) is 29.6. The Hall–Kier alpha value is -7.43. The third-order valence-corrected chi connectivity index (χ3v) is 10.7. The first-order chi connectivity index (χ1) is 27.2. The minimum atomic E-state index is 0.586. The Morgan fingerprint density at radius 1 is 0.291 bits per heavy atom. The fourth-order valence-electron chi connectivity index (χ4n) is 7.92. The number of furan rings is 1. The second-order valence-electron chi connectivity index (χ2n) is 14.0. The molecule has 2 aromatic heterocycles. The van der Waals surface area contributed by atoms with Crippen LogP contribution in [0.15, 0.2) is 192 Å². The molecular formula is C51H31N3O. The summed E-state index contributed by atoms with van der Waals surface area (Å²) in [5.41, 5.74) is 8.94. The Morgan fingerprint density at radius 2 is 0.855 bits per heavy atom. The van der Waals surface area contributed by atoms with Crippen LogP contribution >= 0.6 is 0 Å². The molecule has 0 N–H and O–H groups in total. The fraction of sp³-hybridized carbons (Fsp3) is 0. The lowest BCUT2D eigenvalue weighted by molar-refractivity contribution is 0.669. The predicted octanol–water partition coefficient (Wildman–Crippen LogP) is 13.6. The van der Waals surface area contributed by atoms with Crippen molar-refractivity contribution < 1.29 is 4.42 Å². The molecule has 0 aliphatic rings. The van der Waals surface area contributed by atoms with Gasteiger partial charge in [0.15, 0.2) is 17.5 Å². The van der Waals surface area contributed by atoms with Gasteiger partial charge in [0.1, 0.15) is 11.2 Å². The van der Waals surface area contributed by atoms with Gasteiger partial charge in [-0.15, -0.1) is 0 Å². The van der Waals surface area contributed by atoms with Crippen LogP contribution in [0, 0.1) is 0 Å². The summed E-state index contributed by atoms with van der Waals surface area (Å²) in [5.74, 6) is 1.81. The summed E-state index contributed by atoms with van der Waals surface area (Å²) in [5, 5.41) is 9.38. The Morgan fingerprint density at radius 3 is 1.67 bits per heavy atom. The van der Waals surface area contributed by atoms with Crippen LogP contribution in [0.4, 0.5) is 0 Å². The molecule has 55 heavy (non-hydrogen) atoms. The highest BCUT2D eigenvalue weighted by atomic mass is 16.3. The lowest BCUT2D eigenvalue weighted by atomic mass is 9.99. The van der Waals surface area contributed by atoms with E-state index in [4.69, 9.17) is 19.4 Å². The Labute approximate surface area is 317 Å². The summed E-state index contributed by atoms with van der Waals surface area (Å²) < 4.78 is 6.50. The van der Waals surface area contributed by atoms with Gasteiger partial charge in [0.2, 0.25) is 0 Å². The number of fused-ring (bicyclic) bond motifs is 7. The van der Waals surface area contributed by atoms with Crippen LogP contribution in [-0.2, 0) is 0 Å². The lowest BCUT2D eigenvalue weighted by Gasteiger charge is -2.11. The summed E-state index contributed by atoms with van der Waals surface area (Å²) in [6.45, 7) is 0. The fourth-order valence-corrected chi connectivity index (χ4v) is 7.92. The van der Waals surface area contributed by atoms with E-state index in [1.54, 1.807) is 0 Å². The van der Waals surface area contributed by atoms with E-state index in [0.717, 1.165) is 60.7 Å². The summed E-state index contributed by atoms with van der Waals surface area (Å²) in [6, 6.07) is 65.9. The first-order valence-corrected chi connectivity index (χ1v) is 18.5. The van der Waals surface area contributed by atoms with E-state index in [1.165, 1.54) is 32.5 Å². The maximum absolute atomic E-state index is 6.50. The largest absolute Gasteiger partial charge is 0.456 e. The van der Waals surface area contributed by atoms with Crippen LogP contribution in [0.25, 0.3) is 111 Å². The highest BCUT2D eigenvalue weighted by Gasteiger charge is 2.17. The minimum Gasteiger partial charge on any atom is -0.456 e. The first-order valence-electron chi connectivity index (χ1n) is 18.5. The molecule has 0 spiro atoms. The van der Waals surface area contributed by atoms with Crippen molar-refractivity contribution in [1.29, 1.82) is 0 Å². The van der Waals surface area contributed by atoms with Crippen molar-refractivity contribution in [2.75, 3.05) is 0 Å². The molecule has 0 aliphatic heterocycles. The van der Waals surface area contributed by atoms with Gasteiger partial charge in [0.05, 0.1) is 0 Å². The van der Waals surface area contributed by atoms with E-state index in [0.29, 0.717) is 17.5 Å². The summed E-state index contributed by atoms with van der Waals surface area (Å²) in [4.78, 5) is 15.3. The van der Waals surface area contributed by atoms with Gasteiger partial charge in [0.25, 0.3) is 0 Å². The first kappa shape index (κ1) is 31.1. The normalized spacial score (nSPS) is 11.6. The standard InChI is InChI=1S/C51H31N3O/c1-2-10-34(11-3-1)44-15-8-16-46-48(44)45-28-26-41(31-47(45)55-46)51-53-49(36-21-17-33(18-22-36)38-23-19-32-9-4-5-13-37(32)29-38)52-50(54-51)40-25-27-43-39(30-40)24-20-35-12-6-7-14-42(35)43/h1-31H. The van der Waals surface area contributed by atoms with E-state index >= 15 is 0 Å². The highest BCUT2D eigenvalue weighted by Crippen LogP contribution is 2.39. The van der Waals surface area contributed by atoms with Gasteiger partial charge in [-0.05, 0) is 84.9 Å². The molecule has 9 aromatic carbocycles. The van der Waals surface area contributed by atoms with Gasteiger partial charge >= 0.3 is 0 Å². The third kappa shape index (κ3) is 5.43. The van der Waals surface area contributed by atoms with Crippen molar-refractivity contribution in [3.05, 3.63) is 188 Å². The van der Waals surface area contributed by atoms with Crippen molar-refractivity contribution in [2.24, 2.45) is 0 Å². The lowest BCUT2D eigenvalue weighted by Crippen LogP contribution is -2.00. The van der Waals surface area contributed by atoms with Crippen LogP contribution in [0.3, 0.4) is 0 Å². The van der Waals surface area contributed by atoms with Crippen LogP contribution in [0.2, 0.25) is 0 Å². The van der Waals surface area contributed by atoms with Crippen LogP contribution < -0.4 is 0 Å². The van der Waals surface area contributed by atoms with Gasteiger partial charge in [-0.25, -0.2) is 15.0 Å². The summed E-state index contributed by atoms with van der Waals surface area (Å²) in [6.07, 6.45) is 0. The number of hydrogen-bond donors (Lipinski definition) is 0. The average Bonchev–Trinajstić information content (AvgIpc) is 3.64. The van der Waals surface area contributed by atoms with Crippen molar-refractivity contribution in [3.8, 4) is 56.4 Å². The molecule has 0 radical (unpaired) electrons. The van der Waals surface area contributed by atoms with Crippen LogP contribution in [0.1, 0.15) is 0 Å². The maximum atomic E-state index is 6.50. The number of hydrogen-bond acceptors (Lipinski definition) is 4. The monoisotopic (exact) mass is 701 g/mol. The van der Waals surface area contributed by atoms with Gasteiger partial charge in [-0.1, -0.05) is 158 Å². The van der Waals surface area contributed by atoms with Gasteiger partial charge in [-0.3, -0.25) is 0 Å². The van der Waals surface area contributed by atoms with Gasteiger partial charge < -0.3 is 4.42 Å². The van der Waals surface area contributed by atoms with Gasteiger partial charge in [-0.2, -0.15) is 0 Å². The van der Waals surface area contributed by atoms with E-state index in [-0.39, 0.29) is 0 Å². The molecule has 11 aromatic rings. The van der Waals surface area contributed by atoms with Crippen molar-refractivity contribution >= 4 is 54.3 Å². The van der Waals surface area contributed by atoms with E-state index in [2.05, 4.69) is 176 Å². The molecule has 0 bridgehead atoms. The molecule has 0 amide bonds. The van der Waals surface area contributed by atoms with E-state index in [1.807, 2.05) is 12.1 Å². The van der Waals surface area contributed by atoms with Crippen molar-refractivity contribution in [2.45, 2.75) is 0 Å². The molecule has 0 aliphatic carbocycles. The predicted molar refractivity (Wildman–Crippen MR) is 227 cm³/mol. The number of benzene rings is 9. The summed E-state index contributed by atoms with van der Waals surface area (Å²) >= 11 is 0. The molecule has 2 heterocycles. The molecule has 4 heteroatoms. The molecular weight excluding hydrogens is 671 g/mol. The Bertz CT molecular complexity index is 3260. The Kier molecular flexibility index (Phi) is 7.14. The SMILES string of the molecule is c1ccc(-c2cccc3oc4cc(-c5nc(-c6ccc(-c7ccc8ccccc8c7)cc6)nc(-c6ccc7c(ccc8ccccc87)c6)n5)ccc4c23)cc1. The van der Waals surface area contributed by atoms with Crippen LogP contribution in [-0.4, -0.2) is 15.0 Å². The van der Waals surface area contributed by atoms with Gasteiger partial charge in [0, 0.05) is 27.5 Å². The average molecular weight is 702 g/mol. The molecule has 0 atom stereocenters. The molecule has 11 rings (SSSR count). The highest BCUT2D eigenvalue weighted by molar-refractivity contribution is 6.13. The second-order valence-corrected chi connectivity index (χ2v) is 14.0. The molecule has 0 fully saturated rings. The molecule has 0 saturated carbocycles. The zero-order chi connectivity index (χ0) is 36.3. The maximum Gasteiger partial charge on any atom is 0.164 e. The number of rotatable bonds is 5. The smallest absolute Gasteiger partial charge is 0.164 e. The quantitative estimate of drug-likeness (QED) is 0.168. The third-order valence-electron chi connectivity index (χ3n) is 10.7. The molecule has 0 saturated heterocycles. The summed E-state index contributed by atoms with van der Waals surface area (Å²) in [7, 11) is 0. The molecule has 0 unspecified atom stereocenters. The van der Waals surface area contributed by atoms with Crippen LogP contribution in [0.5, 0.6) is 0 Å². The topological polar surface area (TPSA) is 51.8 Å². The number of aromatic nitrogens is 3. The second kappa shape index (κ2) is 12.6. The molecule has 4 nitrogen and oxygen atoms in total. The zero-order valence-corrected chi connectivity index (χ0v) is 29.6.